The van der Waals surface area contributed by atoms with Crippen LogP contribution in [0.2, 0.25) is 5.02 Å². The van der Waals surface area contributed by atoms with E-state index in [9.17, 15) is 0 Å². The predicted octanol–water partition coefficient (Wildman–Crippen LogP) is 5.25. The van der Waals surface area contributed by atoms with Gasteiger partial charge in [-0.2, -0.15) is 0 Å². The van der Waals surface area contributed by atoms with Gasteiger partial charge in [0.15, 0.2) is 11.5 Å². The molecule has 0 aliphatic heterocycles. The number of methoxy groups -OCH3 is 2. The molecule has 0 spiro atoms. The van der Waals surface area contributed by atoms with Gasteiger partial charge in [0.25, 0.3) is 0 Å². The molecule has 2 aromatic carbocycles. The van der Waals surface area contributed by atoms with Crippen molar-refractivity contribution in [2.24, 2.45) is 0 Å². The van der Waals surface area contributed by atoms with Crippen LogP contribution in [0.4, 0.5) is 0 Å². The summed E-state index contributed by atoms with van der Waals surface area (Å²) in [5.74, 6) is 2.39. The van der Waals surface area contributed by atoms with Crippen molar-refractivity contribution in [1.29, 1.82) is 0 Å². The summed E-state index contributed by atoms with van der Waals surface area (Å²) in [7, 11) is 3.18. The van der Waals surface area contributed by atoms with E-state index in [1.54, 1.807) is 32.7 Å². The summed E-state index contributed by atoms with van der Waals surface area (Å²) in [6, 6.07) is 12.9. The number of aromatic nitrogens is 2. The van der Waals surface area contributed by atoms with Gasteiger partial charge in [0.2, 0.25) is 0 Å². The van der Waals surface area contributed by atoms with Gasteiger partial charge in [-0.1, -0.05) is 11.6 Å². The number of hydrogen-bond acceptors (Lipinski definition) is 5. The van der Waals surface area contributed by atoms with E-state index in [2.05, 4.69) is 9.97 Å². The van der Waals surface area contributed by atoms with Crippen LogP contribution in [0.5, 0.6) is 23.0 Å². The summed E-state index contributed by atoms with van der Waals surface area (Å²) in [6.45, 7) is 0. The van der Waals surface area contributed by atoms with Crippen molar-refractivity contribution < 1.29 is 14.2 Å². The predicted molar refractivity (Wildman–Crippen MR) is 102 cm³/mol. The largest absolute Gasteiger partial charge is 0.493 e. The van der Waals surface area contributed by atoms with Gasteiger partial charge < -0.3 is 14.2 Å². The van der Waals surface area contributed by atoms with Gasteiger partial charge in [-0.25, -0.2) is 0 Å². The molecule has 0 saturated carbocycles. The lowest BCUT2D eigenvalue weighted by atomic mass is 10.1. The second kappa shape index (κ2) is 6.69. The van der Waals surface area contributed by atoms with Crippen LogP contribution >= 0.6 is 11.6 Å². The molecule has 0 saturated heterocycles. The first-order valence-corrected chi connectivity index (χ1v) is 8.31. The molecule has 4 aromatic rings. The molecular weight excluding hydrogens is 352 g/mol. The van der Waals surface area contributed by atoms with Crippen LogP contribution in [0.15, 0.2) is 54.9 Å². The monoisotopic (exact) mass is 366 g/mol. The summed E-state index contributed by atoms with van der Waals surface area (Å²) < 4.78 is 16.8. The Labute approximate surface area is 155 Å². The number of halogens is 1. The third kappa shape index (κ3) is 2.76. The standard InChI is InChI=1S/C20H15ClN2O3/c1-24-18-10-13-15(11-19(18)25-2)23-9-7-16(13)26-17-6-5-14-12(20(17)21)4-3-8-22-14/h3-11H,1-2H3. The molecule has 130 valence electrons. The molecule has 0 unspecified atom stereocenters. The zero-order chi connectivity index (χ0) is 18.1. The quantitative estimate of drug-likeness (QED) is 0.494. The van der Waals surface area contributed by atoms with Crippen LogP contribution < -0.4 is 14.2 Å². The average Bonchev–Trinajstić information content (AvgIpc) is 2.69. The van der Waals surface area contributed by atoms with E-state index in [-0.39, 0.29) is 0 Å². The Morgan fingerprint density at radius 2 is 1.50 bits per heavy atom. The zero-order valence-corrected chi connectivity index (χ0v) is 14.9. The first kappa shape index (κ1) is 16.4. The molecule has 6 heteroatoms. The lowest BCUT2D eigenvalue weighted by Gasteiger charge is -2.13. The second-order valence-corrected chi connectivity index (χ2v) is 5.96. The van der Waals surface area contributed by atoms with Gasteiger partial charge in [0.05, 0.1) is 30.3 Å². The molecule has 0 aliphatic carbocycles. The minimum Gasteiger partial charge on any atom is -0.493 e. The van der Waals surface area contributed by atoms with Gasteiger partial charge in [0.1, 0.15) is 11.5 Å². The maximum Gasteiger partial charge on any atom is 0.162 e. The normalized spacial score (nSPS) is 10.9. The smallest absolute Gasteiger partial charge is 0.162 e. The van der Waals surface area contributed by atoms with Gasteiger partial charge in [-0.3, -0.25) is 9.97 Å². The summed E-state index contributed by atoms with van der Waals surface area (Å²) in [5, 5.41) is 2.15. The van der Waals surface area contributed by atoms with Crippen LogP contribution in [0.1, 0.15) is 0 Å². The van der Waals surface area contributed by atoms with Crippen molar-refractivity contribution in [2.75, 3.05) is 14.2 Å². The average molecular weight is 367 g/mol. The van der Waals surface area contributed by atoms with E-state index >= 15 is 0 Å². The Hall–Kier alpha value is -3.05. The van der Waals surface area contributed by atoms with E-state index in [4.69, 9.17) is 25.8 Å². The molecule has 5 nitrogen and oxygen atoms in total. The molecular formula is C20H15ClN2O3. The highest BCUT2D eigenvalue weighted by Gasteiger charge is 2.13. The highest BCUT2D eigenvalue weighted by Crippen LogP contribution is 2.39. The van der Waals surface area contributed by atoms with E-state index in [1.807, 2.05) is 36.4 Å². The van der Waals surface area contributed by atoms with Crippen LogP contribution in [0.25, 0.3) is 21.8 Å². The second-order valence-electron chi connectivity index (χ2n) is 5.58. The van der Waals surface area contributed by atoms with Crippen molar-refractivity contribution in [2.45, 2.75) is 0 Å². The zero-order valence-electron chi connectivity index (χ0n) is 14.2. The number of pyridine rings is 2. The lowest BCUT2D eigenvalue weighted by molar-refractivity contribution is 0.355. The third-order valence-electron chi connectivity index (χ3n) is 4.11. The van der Waals surface area contributed by atoms with Crippen molar-refractivity contribution >= 4 is 33.4 Å². The molecule has 0 radical (unpaired) electrons. The number of hydrogen-bond donors (Lipinski definition) is 0. The van der Waals surface area contributed by atoms with E-state index in [1.165, 1.54) is 0 Å². The first-order valence-electron chi connectivity index (χ1n) is 7.93. The van der Waals surface area contributed by atoms with Crippen molar-refractivity contribution in [1.82, 2.24) is 9.97 Å². The summed E-state index contributed by atoms with van der Waals surface area (Å²) in [6.07, 6.45) is 3.41. The van der Waals surface area contributed by atoms with Crippen LogP contribution in [0.3, 0.4) is 0 Å². The van der Waals surface area contributed by atoms with Crippen LogP contribution in [0, 0.1) is 0 Å². The Balaban J connectivity index is 1.84. The van der Waals surface area contributed by atoms with Crippen LogP contribution in [-0.2, 0) is 0 Å². The van der Waals surface area contributed by atoms with Gasteiger partial charge in [-0.15, -0.1) is 0 Å². The van der Waals surface area contributed by atoms with Crippen molar-refractivity contribution in [3.63, 3.8) is 0 Å². The molecule has 0 atom stereocenters. The highest BCUT2D eigenvalue weighted by molar-refractivity contribution is 6.36. The number of ether oxygens (including phenoxy) is 3. The summed E-state index contributed by atoms with van der Waals surface area (Å²) >= 11 is 6.52. The molecule has 2 heterocycles. The number of rotatable bonds is 4. The maximum absolute atomic E-state index is 6.52. The Kier molecular flexibility index (Phi) is 4.22. The minimum absolute atomic E-state index is 0.515. The Morgan fingerprint density at radius 3 is 2.31 bits per heavy atom. The summed E-state index contributed by atoms with van der Waals surface area (Å²) in [4.78, 5) is 8.68. The first-order chi connectivity index (χ1) is 12.7. The van der Waals surface area contributed by atoms with Gasteiger partial charge >= 0.3 is 0 Å². The molecule has 4 rings (SSSR count). The van der Waals surface area contributed by atoms with Gasteiger partial charge in [-0.05, 0) is 36.4 Å². The van der Waals surface area contributed by atoms with E-state index < -0.39 is 0 Å². The Bertz CT molecular complexity index is 1110. The fourth-order valence-corrected chi connectivity index (χ4v) is 3.09. The SMILES string of the molecule is COc1cc2nccc(Oc3ccc4ncccc4c3Cl)c2cc1OC. The maximum atomic E-state index is 6.52. The molecule has 2 aromatic heterocycles. The number of fused-ring (bicyclic) bond motifs is 2. The molecule has 0 aliphatic rings. The van der Waals surface area contributed by atoms with E-state index in [0.717, 1.165) is 21.8 Å². The fraction of sp³-hybridized carbons (Fsp3) is 0.100. The molecule has 0 amide bonds. The van der Waals surface area contributed by atoms with Crippen molar-refractivity contribution in [3.8, 4) is 23.0 Å². The number of nitrogens with zero attached hydrogens (tertiary/aromatic N) is 2. The van der Waals surface area contributed by atoms with E-state index in [0.29, 0.717) is 28.0 Å². The lowest BCUT2D eigenvalue weighted by Crippen LogP contribution is -1.94. The number of benzene rings is 2. The fourth-order valence-electron chi connectivity index (χ4n) is 2.83. The van der Waals surface area contributed by atoms with Gasteiger partial charge in [0, 0.05) is 29.2 Å². The highest BCUT2D eigenvalue weighted by atomic mass is 35.5. The molecule has 0 bridgehead atoms. The molecule has 0 N–H and O–H groups in total. The van der Waals surface area contributed by atoms with Crippen LogP contribution in [-0.4, -0.2) is 24.2 Å². The topological polar surface area (TPSA) is 53.5 Å². The minimum atomic E-state index is 0.515. The molecule has 26 heavy (non-hydrogen) atoms. The Morgan fingerprint density at radius 1 is 0.731 bits per heavy atom. The van der Waals surface area contributed by atoms with Crippen molar-refractivity contribution in [3.05, 3.63) is 59.9 Å². The summed E-state index contributed by atoms with van der Waals surface area (Å²) in [5.41, 5.74) is 1.55. The molecule has 0 fully saturated rings. The third-order valence-corrected chi connectivity index (χ3v) is 4.50.